The second kappa shape index (κ2) is 7.92. The molecule has 0 unspecified atom stereocenters. The first-order chi connectivity index (χ1) is 13.2. The van der Waals surface area contributed by atoms with E-state index in [9.17, 15) is 4.79 Å². The summed E-state index contributed by atoms with van der Waals surface area (Å²) >= 11 is 0. The predicted octanol–water partition coefficient (Wildman–Crippen LogP) is 3.33. The number of aryl methyl sites for hydroxylation is 1. The van der Waals surface area contributed by atoms with Crippen molar-refractivity contribution in [2.45, 2.75) is 39.3 Å². The Hall–Kier alpha value is -2.66. The summed E-state index contributed by atoms with van der Waals surface area (Å²) in [5, 5.41) is 3.02. The average molecular weight is 362 g/mol. The second-order valence-corrected chi connectivity index (χ2v) is 7.34. The van der Waals surface area contributed by atoms with Crippen LogP contribution in [0.3, 0.4) is 0 Å². The molecule has 0 fully saturated rings. The Morgan fingerprint density at radius 2 is 1.93 bits per heavy atom. The molecule has 0 spiro atoms. The summed E-state index contributed by atoms with van der Waals surface area (Å²) in [6, 6.07) is 14.7. The van der Waals surface area contributed by atoms with E-state index in [1.807, 2.05) is 12.1 Å². The van der Waals surface area contributed by atoms with Crippen molar-refractivity contribution in [2.75, 3.05) is 13.1 Å². The van der Waals surface area contributed by atoms with Gasteiger partial charge < -0.3 is 10.3 Å². The Morgan fingerprint density at radius 1 is 1.15 bits per heavy atom. The lowest BCUT2D eigenvalue weighted by atomic mass is 10.1. The van der Waals surface area contributed by atoms with Crippen LogP contribution in [0.5, 0.6) is 0 Å². The summed E-state index contributed by atoms with van der Waals surface area (Å²) in [5.41, 5.74) is 6.09. The van der Waals surface area contributed by atoms with Crippen molar-refractivity contribution in [3.05, 3.63) is 65.0 Å². The third kappa shape index (κ3) is 4.19. The lowest BCUT2D eigenvalue weighted by molar-refractivity contribution is -0.121. The van der Waals surface area contributed by atoms with Crippen LogP contribution >= 0.6 is 0 Å². The normalized spacial score (nSPS) is 13.8. The topological polar surface area (TPSA) is 61.0 Å². The number of hydrogen-bond donors (Lipinski definition) is 2. The molecule has 3 aromatic rings. The highest BCUT2D eigenvalue weighted by Gasteiger charge is 2.17. The van der Waals surface area contributed by atoms with Crippen LogP contribution in [0.25, 0.3) is 11.0 Å². The molecule has 2 N–H and O–H groups in total. The van der Waals surface area contributed by atoms with E-state index in [0.29, 0.717) is 13.0 Å². The Morgan fingerprint density at radius 3 is 2.67 bits per heavy atom. The monoisotopic (exact) mass is 362 g/mol. The molecule has 4 rings (SSSR count). The highest BCUT2D eigenvalue weighted by atomic mass is 16.1. The maximum absolute atomic E-state index is 12.1. The zero-order valence-corrected chi connectivity index (χ0v) is 15.8. The first kappa shape index (κ1) is 17.7. The molecule has 0 saturated heterocycles. The van der Waals surface area contributed by atoms with Crippen molar-refractivity contribution in [1.29, 1.82) is 0 Å². The van der Waals surface area contributed by atoms with Crippen LogP contribution in [0.2, 0.25) is 0 Å². The lowest BCUT2D eigenvalue weighted by Crippen LogP contribution is -2.27. The van der Waals surface area contributed by atoms with Gasteiger partial charge in [0.25, 0.3) is 0 Å². The number of benzene rings is 2. The summed E-state index contributed by atoms with van der Waals surface area (Å²) in [7, 11) is 0. The third-order valence-corrected chi connectivity index (χ3v) is 5.23. The number of rotatable bonds is 7. The van der Waals surface area contributed by atoms with E-state index in [4.69, 9.17) is 0 Å². The number of amides is 1. The summed E-state index contributed by atoms with van der Waals surface area (Å²) in [6.45, 7) is 5.65. The molecular weight excluding hydrogens is 336 g/mol. The molecule has 2 aromatic carbocycles. The summed E-state index contributed by atoms with van der Waals surface area (Å²) in [6.07, 6.45) is 2.19. The van der Waals surface area contributed by atoms with Crippen molar-refractivity contribution in [3.63, 3.8) is 0 Å². The van der Waals surface area contributed by atoms with E-state index in [-0.39, 0.29) is 5.91 Å². The quantitative estimate of drug-likeness (QED) is 0.678. The van der Waals surface area contributed by atoms with E-state index in [2.05, 4.69) is 57.4 Å². The Labute approximate surface area is 159 Å². The van der Waals surface area contributed by atoms with Gasteiger partial charge in [0, 0.05) is 32.5 Å². The van der Waals surface area contributed by atoms with E-state index < -0.39 is 0 Å². The van der Waals surface area contributed by atoms with E-state index in [1.165, 1.54) is 16.7 Å². The molecule has 1 aromatic heterocycles. The standard InChI is InChI=1S/C22H26N4O/c1-16-6-4-9-19-22(16)25-20(24-19)11-12-23-21(27)10-5-13-26-14-17-7-2-3-8-18(17)15-26/h2-4,6-9H,5,10-15H2,1H3,(H,23,27)(H,24,25). The largest absolute Gasteiger partial charge is 0.356 e. The van der Waals surface area contributed by atoms with Gasteiger partial charge in [-0.15, -0.1) is 0 Å². The predicted molar refractivity (Wildman–Crippen MR) is 107 cm³/mol. The second-order valence-electron chi connectivity index (χ2n) is 7.34. The molecule has 5 heteroatoms. The zero-order chi connectivity index (χ0) is 18.6. The molecule has 2 heterocycles. The maximum Gasteiger partial charge on any atom is 0.220 e. The number of imidazole rings is 1. The molecule has 1 aliphatic heterocycles. The summed E-state index contributed by atoms with van der Waals surface area (Å²) in [4.78, 5) is 22.5. The van der Waals surface area contributed by atoms with E-state index >= 15 is 0 Å². The van der Waals surface area contributed by atoms with Gasteiger partial charge in [-0.3, -0.25) is 9.69 Å². The molecule has 1 amide bonds. The molecule has 0 saturated carbocycles. The molecule has 140 valence electrons. The van der Waals surface area contributed by atoms with Crippen molar-refractivity contribution in [3.8, 4) is 0 Å². The van der Waals surface area contributed by atoms with Crippen LogP contribution in [-0.2, 0) is 24.3 Å². The van der Waals surface area contributed by atoms with Gasteiger partial charge in [0.05, 0.1) is 11.0 Å². The molecule has 27 heavy (non-hydrogen) atoms. The Bertz CT molecular complexity index is 921. The van der Waals surface area contributed by atoms with Crippen LogP contribution in [-0.4, -0.2) is 33.9 Å². The van der Waals surface area contributed by atoms with Crippen LogP contribution in [0, 0.1) is 6.92 Å². The minimum atomic E-state index is 0.124. The molecule has 0 bridgehead atoms. The van der Waals surface area contributed by atoms with Gasteiger partial charge >= 0.3 is 0 Å². The molecule has 0 aliphatic carbocycles. The smallest absolute Gasteiger partial charge is 0.220 e. The fraction of sp³-hybridized carbons (Fsp3) is 0.364. The van der Waals surface area contributed by atoms with Gasteiger partial charge in [0.15, 0.2) is 0 Å². The fourth-order valence-electron chi connectivity index (χ4n) is 3.78. The number of carbonyl (C=O) groups is 1. The number of hydrogen-bond acceptors (Lipinski definition) is 3. The van der Waals surface area contributed by atoms with Crippen molar-refractivity contribution >= 4 is 16.9 Å². The van der Waals surface area contributed by atoms with E-state index in [1.54, 1.807) is 0 Å². The first-order valence-corrected chi connectivity index (χ1v) is 9.69. The highest BCUT2D eigenvalue weighted by Crippen LogP contribution is 2.22. The molecule has 0 atom stereocenters. The number of nitrogens with zero attached hydrogens (tertiary/aromatic N) is 2. The highest BCUT2D eigenvalue weighted by molar-refractivity contribution is 5.78. The Balaban J connectivity index is 1.16. The van der Waals surface area contributed by atoms with Crippen LogP contribution in [0.1, 0.15) is 35.4 Å². The molecular formula is C22H26N4O. The van der Waals surface area contributed by atoms with Crippen molar-refractivity contribution in [2.24, 2.45) is 0 Å². The Kier molecular flexibility index (Phi) is 5.21. The summed E-state index contributed by atoms with van der Waals surface area (Å²) in [5.74, 6) is 1.05. The van der Waals surface area contributed by atoms with Gasteiger partial charge in [-0.2, -0.15) is 0 Å². The number of nitrogens with one attached hydrogen (secondary N) is 2. The van der Waals surface area contributed by atoms with Crippen LogP contribution < -0.4 is 5.32 Å². The van der Waals surface area contributed by atoms with Gasteiger partial charge in [-0.25, -0.2) is 4.98 Å². The SMILES string of the molecule is Cc1cccc2[nH]c(CCNC(=O)CCCN3Cc4ccccc4C3)nc12. The number of aromatic amines is 1. The van der Waals surface area contributed by atoms with Gasteiger partial charge in [0.2, 0.25) is 5.91 Å². The maximum atomic E-state index is 12.1. The molecule has 1 aliphatic rings. The lowest BCUT2D eigenvalue weighted by Gasteiger charge is -2.14. The zero-order valence-electron chi connectivity index (χ0n) is 15.8. The number of H-pyrrole nitrogens is 1. The number of aromatic nitrogens is 2. The number of para-hydroxylation sites is 1. The number of carbonyl (C=O) groups excluding carboxylic acids is 1. The number of fused-ring (bicyclic) bond motifs is 2. The van der Waals surface area contributed by atoms with Crippen molar-refractivity contribution in [1.82, 2.24) is 20.2 Å². The summed E-state index contributed by atoms with van der Waals surface area (Å²) < 4.78 is 0. The molecule has 5 nitrogen and oxygen atoms in total. The average Bonchev–Trinajstić information content (AvgIpc) is 3.26. The van der Waals surface area contributed by atoms with Crippen LogP contribution in [0.4, 0.5) is 0 Å². The van der Waals surface area contributed by atoms with Crippen molar-refractivity contribution < 1.29 is 4.79 Å². The minimum absolute atomic E-state index is 0.124. The third-order valence-electron chi connectivity index (χ3n) is 5.23. The minimum Gasteiger partial charge on any atom is -0.356 e. The van der Waals surface area contributed by atoms with Crippen LogP contribution in [0.15, 0.2) is 42.5 Å². The van der Waals surface area contributed by atoms with Gasteiger partial charge in [-0.05, 0) is 42.6 Å². The first-order valence-electron chi connectivity index (χ1n) is 9.69. The fourth-order valence-corrected chi connectivity index (χ4v) is 3.78. The van der Waals surface area contributed by atoms with Gasteiger partial charge in [0.1, 0.15) is 5.82 Å². The van der Waals surface area contributed by atoms with Gasteiger partial charge in [-0.1, -0.05) is 36.4 Å². The van der Waals surface area contributed by atoms with E-state index in [0.717, 1.165) is 49.3 Å². The molecule has 0 radical (unpaired) electrons.